The maximum Gasteiger partial charge on any atom is 0.160 e. The van der Waals surface area contributed by atoms with Gasteiger partial charge in [-0.3, -0.25) is 0 Å². The summed E-state index contributed by atoms with van der Waals surface area (Å²) in [6.45, 7) is 0. The standard InChI is InChI=1S/C109H66N4O2/c1-2-22-67(23-3-1)97-64-100(82-59-78-30-16-24-68-25-17-31-79(60-82)105(68)78)113-106(110-97)80-32-19-28-71(56-80)74-50-54-96-104(63-74)115-103-62-72(48-53-95(103)109(96)91-41-12-8-37-87(91)88-38-9-13-42-92(88)109)69-26-18-29-76(55-69)98-65-99(77-47-51-84-75(58-77)46-45-66-21-4-5-34-83(66)84)112-107(111-98)81-33-20-27-70(57-81)73-49-52-94-102(61-73)114-101-44-15-14-43-93(101)108(94)89-39-10-6-35-85(89)86-36-7-11-40-90(86)108/h1-24,26-65H,25H2. The van der Waals surface area contributed by atoms with Gasteiger partial charge in [-0.2, -0.15) is 0 Å². The summed E-state index contributed by atoms with van der Waals surface area (Å²) in [7, 11) is 0. The van der Waals surface area contributed by atoms with E-state index < -0.39 is 10.8 Å². The summed E-state index contributed by atoms with van der Waals surface area (Å²) in [6.07, 6.45) is 5.44. The number of hydrogen-bond donors (Lipinski definition) is 0. The lowest BCUT2D eigenvalue weighted by Gasteiger charge is -2.39. The molecule has 5 aliphatic rings. The normalized spacial score (nSPS) is 13.6. The highest BCUT2D eigenvalue weighted by molar-refractivity contribution is 6.09. The van der Waals surface area contributed by atoms with Crippen molar-refractivity contribution in [1.29, 1.82) is 0 Å². The monoisotopic (exact) mass is 1460 g/mol. The van der Waals surface area contributed by atoms with E-state index in [0.29, 0.717) is 11.6 Å². The summed E-state index contributed by atoms with van der Waals surface area (Å²) in [5.74, 6) is 4.55. The van der Waals surface area contributed by atoms with E-state index in [-0.39, 0.29) is 0 Å². The third-order valence-electron chi connectivity index (χ3n) is 24.8. The largest absolute Gasteiger partial charge is 0.457 e. The molecule has 0 atom stereocenters. The maximum atomic E-state index is 7.50. The number of ether oxygens (including phenoxy) is 2. The van der Waals surface area contributed by atoms with Crippen molar-refractivity contribution in [3.8, 4) is 146 Å². The minimum atomic E-state index is -0.698. The van der Waals surface area contributed by atoms with Gasteiger partial charge in [0.25, 0.3) is 0 Å². The predicted octanol–water partition coefficient (Wildman–Crippen LogP) is 27.2. The molecule has 6 heteroatoms. The van der Waals surface area contributed by atoms with Crippen LogP contribution in [-0.2, 0) is 17.3 Å². The van der Waals surface area contributed by atoms with Gasteiger partial charge in [-0.05, 0) is 201 Å². The van der Waals surface area contributed by atoms with Crippen molar-refractivity contribution >= 4 is 38.4 Å². The average molecular weight is 1460 g/mol. The van der Waals surface area contributed by atoms with E-state index >= 15 is 0 Å². The van der Waals surface area contributed by atoms with E-state index in [0.717, 1.165) is 147 Å². The summed E-state index contributed by atoms with van der Waals surface area (Å²) in [4.78, 5) is 21.9. The topological polar surface area (TPSA) is 70.0 Å². The molecule has 0 amide bonds. The zero-order valence-electron chi connectivity index (χ0n) is 62.3. The molecule has 0 fully saturated rings. The fourth-order valence-electron chi connectivity index (χ4n) is 19.7. The first-order valence-electron chi connectivity index (χ1n) is 39.5. The van der Waals surface area contributed by atoms with Crippen molar-refractivity contribution in [2.24, 2.45) is 0 Å². The maximum absolute atomic E-state index is 7.50. The van der Waals surface area contributed by atoms with Gasteiger partial charge in [-0.25, -0.2) is 19.9 Å². The van der Waals surface area contributed by atoms with Gasteiger partial charge in [-0.15, -0.1) is 0 Å². The van der Waals surface area contributed by atoms with Gasteiger partial charge in [0.05, 0.1) is 33.6 Å². The molecule has 2 aromatic heterocycles. The Morgan fingerprint density at radius 3 is 1.18 bits per heavy atom. The van der Waals surface area contributed by atoms with E-state index in [2.05, 4.69) is 382 Å². The van der Waals surface area contributed by atoms with Crippen LogP contribution >= 0.6 is 0 Å². The Balaban J connectivity index is 0.617. The van der Waals surface area contributed by atoms with Crippen LogP contribution in [0.25, 0.3) is 162 Å². The predicted molar refractivity (Wildman–Crippen MR) is 467 cm³/mol. The second-order valence-corrected chi connectivity index (χ2v) is 31.0. The fourth-order valence-corrected chi connectivity index (χ4v) is 19.7. The minimum absolute atomic E-state index is 0.561. The van der Waals surface area contributed by atoms with Crippen LogP contribution in [0.5, 0.6) is 23.0 Å². The highest BCUT2D eigenvalue weighted by Gasteiger charge is 2.53. The molecule has 17 aromatic carbocycles. The molecule has 24 rings (SSSR count). The quantitative estimate of drug-likeness (QED) is 0.134. The number of aromatic nitrogens is 4. The van der Waals surface area contributed by atoms with Gasteiger partial charge in [0.1, 0.15) is 23.0 Å². The Labute approximate surface area is 665 Å². The van der Waals surface area contributed by atoms with Gasteiger partial charge in [0.2, 0.25) is 0 Å². The lowest BCUT2D eigenvalue weighted by atomic mass is 9.65. The molecule has 0 N–H and O–H groups in total. The fraction of sp³-hybridized carbons (Fsp3) is 0.0275. The lowest BCUT2D eigenvalue weighted by molar-refractivity contribution is 0.436. The van der Waals surface area contributed by atoms with Crippen LogP contribution in [0.3, 0.4) is 0 Å². The molecule has 0 radical (unpaired) electrons. The van der Waals surface area contributed by atoms with Crippen LogP contribution in [0.1, 0.15) is 55.6 Å². The molecule has 6 nitrogen and oxygen atoms in total. The van der Waals surface area contributed by atoms with Crippen LogP contribution in [0.2, 0.25) is 0 Å². The molecule has 2 aliphatic heterocycles. The molecule has 0 bridgehead atoms. The number of fused-ring (bicyclic) bond motifs is 21. The van der Waals surface area contributed by atoms with Crippen molar-refractivity contribution < 1.29 is 9.47 Å². The highest BCUT2D eigenvalue weighted by Crippen LogP contribution is 2.65. The second kappa shape index (κ2) is 25.3. The Hall–Kier alpha value is -15.0. The number of rotatable bonds is 9. The van der Waals surface area contributed by atoms with Crippen LogP contribution in [-0.4, -0.2) is 19.9 Å². The van der Waals surface area contributed by atoms with E-state index in [1.165, 1.54) is 82.6 Å². The molecule has 115 heavy (non-hydrogen) atoms. The van der Waals surface area contributed by atoms with Crippen LogP contribution in [0.4, 0.5) is 0 Å². The molecule has 534 valence electrons. The molecule has 3 aliphatic carbocycles. The van der Waals surface area contributed by atoms with E-state index in [9.17, 15) is 0 Å². The molecule has 4 heterocycles. The van der Waals surface area contributed by atoms with Gasteiger partial charge in [-0.1, -0.05) is 315 Å². The third kappa shape index (κ3) is 9.95. The van der Waals surface area contributed by atoms with Crippen molar-refractivity contribution in [2.75, 3.05) is 0 Å². The molecular formula is C109H66N4O2. The molecule has 0 unspecified atom stereocenters. The molecule has 19 aromatic rings. The number of benzene rings is 17. The van der Waals surface area contributed by atoms with Crippen molar-refractivity contribution in [1.82, 2.24) is 19.9 Å². The molecule has 0 saturated heterocycles. The highest BCUT2D eigenvalue weighted by atomic mass is 16.5. The Morgan fingerprint density at radius 2 is 0.609 bits per heavy atom. The van der Waals surface area contributed by atoms with Crippen molar-refractivity contribution in [3.05, 3.63) is 438 Å². The van der Waals surface area contributed by atoms with Crippen LogP contribution in [0.15, 0.2) is 382 Å². The van der Waals surface area contributed by atoms with Gasteiger partial charge >= 0.3 is 0 Å². The molecule has 2 spiro atoms. The first-order valence-corrected chi connectivity index (χ1v) is 39.5. The van der Waals surface area contributed by atoms with Crippen LogP contribution in [0, 0.1) is 0 Å². The second-order valence-electron chi connectivity index (χ2n) is 31.0. The first kappa shape index (κ1) is 64.8. The van der Waals surface area contributed by atoms with Crippen LogP contribution < -0.4 is 9.47 Å². The first-order chi connectivity index (χ1) is 56.9. The average Bonchev–Trinajstić information content (AvgIpc) is 1.60. The number of allylic oxidation sites excluding steroid dienone is 1. The third-order valence-corrected chi connectivity index (χ3v) is 24.8. The Kier molecular flexibility index (Phi) is 14.2. The van der Waals surface area contributed by atoms with Gasteiger partial charge in [0.15, 0.2) is 11.6 Å². The summed E-state index contributed by atoms with van der Waals surface area (Å²) >= 11 is 0. The summed E-state index contributed by atoms with van der Waals surface area (Å²) < 4.78 is 14.5. The Bertz CT molecular complexity index is 7330. The zero-order valence-corrected chi connectivity index (χ0v) is 62.3. The van der Waals surface area contributed by atoms with Crippen molar-refractivity contribution in [3.63, 3.8) is 0 Å². The molecular weight excluding hydrogens is 1400 g/mol. The summed E-state index contributed by atoms with van der Waals surface area (Å²) in [5, 5.41) is 7.29. The van der Waals surface area contributed by atoms with Gasteiger partial charge < -0.3 is 9.47 Å². The van der Waals surface area contributed by atoms with E-state index in [4.69, 9.17) is 29.4 Å². The SMILES string of the molecule is C1=Cc2cc(-c3cc(-c4ccccc4)nc(-c4cccc(-c5ccc6c(c5)Oc5cc(-c7cccc(-c8cc(-c9ccc%10c(ccc%11ccccc%11%10)c9)nc(-c9cccc(-c%10ccc%11c(c%10)Oc%10ccccc%10C%11%10c%11ccccc%11-c%11ccccc%11%10)c9)n8)c7)ccc5C65c6ccccc6-c6ccccc65)c4)n3)cc3cccc(c23)C1. The van der Waals surface area contributed by atoms with E-state index in [1.807, 2.05) is 6.07 Å². The smallest absolute Gasteiger partial charge is 0.160 e. The number of hydrogen-bond acceptors (Lipinski definition) is 6. The van der Waals surface area contributed by atoms with E-state index in [1.54, 1.807) is 0 Å². The zero-order chi connectivity index (χ0) is 75.5. The minimum Gasteiger partial charge on any atom is -0.457 e. The van der Waals surface area contributed by atoms with Crippen molar-refractivity contribution in [2.45, 2.75) is 17.3 Å². The summed E-state index contributed by atoms with van der Waals surface area (Å²) in [6, 6.07) is 136. The van der Waals surface area contributed by atoms with Gasteiger partial charge in [0, 0.05) is 55.6 Å². The molecule has 0 saturated carbocycles. The number of para-hydroxylation sites is 1. The lowest BCUT2D eigenvalue weighted by Crippen LogP contribution is -2.32. The summed E-state index contributed by atoms with van der Waals surface area (Å²) in [5.41, 5.74) is 31.0. The number of nitrogens with zero attached hydrogens (tertiary/aromatic N) is 4. The Morgan fingerprint density at radius 1 is 0.226 bits per heavy atom.